The lowest BCUT2D eigenvalue weighted by molar-refractivity contribution is 0.103. The number of ketones is 1. The molecular formula is C14H8BrClF2O2. The SMILES string of the molecule is COc1ccc(C(=O)c2cc(Cl)c(Br)cc2F)cc1F. The molecule has 0 aliphatic carbocycles. The van der Waals surface area contributed by atoms with E-state index in [1.165, 1.54) is 25.3 Å². The van der Waals surface area contributed by atoms with Crippen LogP contribution in [0.5, 0.6) is 5.75 Å². The van der Waals surface area contributed by atoms with Crippen molar-refractivity contribution in [2.45, 2.75) is 0 Å². The lowest BCUT2D eigenvalue weighted by Gasteiger charge is -2.07. The summed E-state index contributed by atoms with van der Waals surface area (Å²) in [6, 6.07) is 5.96. The van der Waals surface area contributed by atoms with Gasteiger partial charge < -0.3 is 4.74 Å². The number of ether oxygens (including phenoxy) is 1. The van der Waals surface area contributed by atoms with Crippen LogP contribution >= 0.6 is 27.5 Å². The fourth-order valence-corrected chi connectivity index (χ4v) is 2.14. The number of carbonyl (C=O) groups excluding carboxylic acids is 1. The molecule has 0 unspecified atom stereocenters. The third kappa shape index (κ3) is 2.83. The summed E-state index contributed by atoms with van der Waals surface area (Å²) in [6.07, 6.45) is 0. The van der Waals surface area contributed by atoms with Crippen molar-refractivity contribution in [2.75, 3.05) is 7.11 Å². The molecule has 2 nitrogen and oxygen atoms in total. The van der Waals surface area contributed by atoms with Crippen LogP contribution in [-0.2, 0) is 0 Å². The molecule has 0 spiro atoms. The molecule has 0 atom stereocenters. The van der Waals surface area contributed by atoms with Crippen molar-refractivity contribution < 1.29 is 18.3 Å². The first kappa shape index (κ1) is 14.9. The van der Waals surface area contributed by atoms with Crippen LogP contribution in [0, 0.1) is 11.6 Å². The molecule has 0 heterocycles. The number of halogens is 4. The summed E-state index contributed by atoms with van der Waals surface area (Å²) in [4.78, 5) is 12.2. The third-order valence-corrected chi connectivity index (χ3v) is 3.87. The van der Waals surface area contributed by atoms with Crippen molar-refractivity contribution in [2.24, 2.45) is 0 Å². The maximum atomic E-state index is 13.8. The molecule has 0 aromatic heterocycles. The van der Waals surface area contributed by atoms with Crippen LogP contribution in [0.3, 0.4) is 0 Å². The highest BCUT2D eigenvalue weighted by Gasteiger charge is 2.17. The summed E-state index contributed by atoms with van der Waals surface area (Å²) < 4.78 is 32.4. The van der Waals surface area contributed by atoms with Gasteiger partial charge in [0.05, 0.1) is 17.7 Å². The fourth-order valence-electron chi connectivity index (χ4n) is 1.66. The average molecular weight is 362 g/mol. The molecule has 2 aromatic carbocycles. The Kier molecular flexibility index (Phi) is 4.40. The zero-order valence-corrected chi connectivity index (χ0v) is 12.6. The Morgan fingerprint density at radius 2 is 1.90 bits per heavy atom. The molecule has 6 heteroatoms. The molecular weight excluding hydrogens is 354 g/mol. The molecule has 104 valence electrons. The molecule has 0 bridgehead atoms. The van der Waals surface area contributed by atoms with Crippen LogP contribution in [0.1, 0.15) is 15.9 Å². The summed E-state index contributed by atoms with van der Waals surface area (Å²) in [5.41, 5.74) is -0.205. The largest absolute Gasteiger partial charge is 0.494 e. The monoisotopic (exact) mass is 360 g/mol. The second-order valence-electron chi connectivity index (χ2n) is 3.92. The van der Waals surface area contributed by atoms with Crippen molar-refractivity contribution in [3.63, 3.8) is 0 Å². The van der Waals surface area contributed by atoms with Gasteiger partial charge in [-0.15, -0.1) is 0 Å². The minimum absolute atomic E-state index is 0.0101. The minimum Gasteiger partial charge on any atom is -0.494 e. The summed E-state index contributed by atoms with van der Waals surface area (Å²) >= 11 is 8.89. The molecule has 2 rings (SSSR count). The van der Waals surface area contributed by atoms with E-state index in [-0.39, 0.29) is 21.9 Å². The van der Waals surface area contributed by atoms with Crippen LogP contribution in [0.4, 0.5) is 8.78 Å². The Balaban J connectivity index is 2.46. The first-order valence-electron chi connectivity index (χ1n) is 5.47. The van der Waals surface area contributed by atoms with Crippen molar-refractivity contribution in [1.29, 1.82) is 0 Å². The highest BCUT2D eigenvalue weighted by atomic mass is 79.9. The quantitative estimate of drug-likeness (QED) is 0.589. The molecule has 0 N–H and O–H groups in total. The Morgan fingerprint density at radius 3 is 2.50 bits per heavy atom. The van der Waals surface area contributed by atoms with E-state index in [0.717, 1.165) is 12.1 Å². The standard InChI is InChI=1S/C14H8BrClF2O2/c1-20-13-3-2-7(4-12(13)18)14(19)8-5-10(16)9(15)6-11(8)17/h2-6H,1H3. The van der Waals surface area contributed by atoms with Gasteiger partial charge >= 0.3 is 0 Å². The van der Waals surface area contributed by atoms with E-state index in [9.17, 15) is 13.6 Å². The van der Waals surface area contributed by atoms with Crippen LogP contribution in [0.25, 0.3) is 0 Å². The number of methoxy groups -OCH3 is 1. The van der Waals surface area contributed by atoms with E-state index < -0.39 is 17.4 Å². The second kappa shape index (κ2) is 5.89. The highest BCUT2D eigenvalue weighted by Crippen LogP contribution is 2.27. The van der Waals surface area contributed by atoms with Gasteiger partial charge in [0, 0.05) is 10.0 Å². The van der Waals surface area contributed by atoms with Gasteiger partial charge in [-0.3, -0.25) is 4.79 Å². The van der Waals surface area contributed by atoms with Gasteiger partial charge in [0.2, 0.25) is 0 Å². The third-order valence-electron chi connectivity index (χ3n) is 2.67. The molecule has 0 radical (unpaired) electrons. The van der Waals surface area contributed by atoms with Gasteiger partial charge in [-0.25, -0.2) is 8.78 Å². The molecule has 0 fully saturated rings. The topological polar surface area (TPSA) is 26.3 Å². The number of carbonyl (C=O) groups is 1. The number of rotatable bonds is 3. The van der Waals surface area contributed by atoms with Gasteiger partial charge in [0.25, 0.3) is 0 Å². The fraction of sp³-hybridized carbons (Fsp3) is 0.0714. The van der Waals surface area contributed by atoms with Crippen LogP contribution in [0.15, 0.2) is 34.8 Å². The zero-order chi connectivity index (χ0) is 14.9. The van der Waals surface area contributed by atoms with Crippen molar-refractivity contribution in [3.8, 4) is 5.75 Å². The first-order chi connectivity index (χ1) is 9.43. The van der Waals surface area contributed by atoms with Gasteiger partial charge in [0.15, 0.2) is 17.3 Å². The lowest BCUT2D eigenvalue weighted by Crippen LogP contribution is -2.05. The predicted octanol–water partition coefficient (Wildman–Crippen LogP) is 4.62. The second-order valence-corrected chi connectivity index (χ2v) is 5.19. The van der Waals surface area contributed by atoms with E-state index >= 15 is 0 Å². The lowest BCUT2D eigenvalue weighted by atomic mass is 10.0. The molecule has 0 amide bonds. The normalized spacial score (nSPS) is 10.4. The zero-order valence-electron chi connectivity index (χ0n) is 10.2. The molecule has 0 saturated heterocycles. The van der Waals surface area contributed by atoms with E-state index in [2.05, 4.69) is 15.9 Å². The van der Waals surface area contributed by atoms with Crippen molar-refractivity contribution >= 4 is 33.3 Å². The number of hydrogen-bond donors (Lipinski definition) is 0. The molecule has 20 heavy (non-hydrogen) atoms. The molecule has 0 aliphatic heterocycles. The summed E-state index contributed by atoms with van der Waals surface area (Å²) in [6.45, 7) is 0. The Bertz CT molecular complexity index is 689. The van der Waals surface area contributed by atoms with Gasteiger partial charge in [-0.05, 0) is 46.3 Å². The molecule has 0 saturated carbocycles. The van der Waals surface area contributed by atoms with Crippen LogP contribution < -0.4 is 4.74 Å². The van der Waals surface area contributed by atoms with E-state index in [4.69, 9.17) is 16.3 Å². The maximum Gasteiger partial charge on any atom is 0.196 e. The minimum atomic E-state index is -0.734. The van der Waals surface area contributed by atoms with Gasteiger partial charge in [0.1, 0.15) is 5.82 Å². The highest BCUT2D eigenvalue weighted by molar-refractivity contribution is 9.10. The van der Waals surface area contributed by atoms with Gasteiger partial charge in [-0.1, -0.05) is 11.6 Å². The number of hydrogen-bond acceptors (Lipinski definition) is 2. The Morgan fingerprint density at radius 1 is 1.20 bits per heavy atom. The molecule has 2 aromatic rings. The smallest absolute Gasteiger partial charge is 0.196 e. The summed E-state index contributed by atoms with van der Waals surface area (Å²) in [7, 11) is 1.31. The van der Waals surface area contributed by atoms with E-state index in [0.29, 0.717) is 4.47 Å². The Hall–Kier alpha value is -1.46. The van der Waals surface area contributed by atoms with E-state index in [1.807, 2.05) is 0 Å². The molecule has 0 aliphatic rings. The first-order valence-corrected chi connectivity index (χ1v) is 6.64. The van der Waals surface area contributed by atoms with Crippen LogP contribution in [0.2, 0.25) is 5.02 Å². The summed E-state index contributed by atoms with van der Waals surface area (Å²) in [5.74, 6) is -2.07. The van der Waals surface area contributed by atoms with Gasteiger partial charge in [-0.2, -0.15) is 0 Å². The van der Waals surface area contributed by atoms with Crippen LogP contribution in [-0.4, -0.2) is 12.9 Å². The summed E-state index contributed by atoms with van der Waals surface area (Å²) in [5, 5.41) is 0.198. The maximum absolute atomic E-state index is 13.8. The van der Waals surface area contributed by atoms with Crippen molar-refractivity contribution in [3.05, 3.63) is 62.6 Å². The van der Waals surface area contributed by atoms with Crippen molar-refractivity contribution in [1.82, 2.24) is 0 Å². The average Bonchev–Trinajstić information content (AvgIpc) is 2.42. The number of benzene rings is 2. The Labute approximate surface area is 127 Å². The predicted molar refractivity (Wildman–Crippen MR) is 75.5 cm³/mol. The van der Waals surface area contributed by atoms with E-state index in [1.54, 1.807) is 0 Å².